The van der Waals surface area contributed by atoms with Gasteiger partial charge in [-0.3, -0.25) is 0 Å². The second kappa shape index (κ2) is 5.48. The van der Waals surface area contributed by atoms with Crippen LogP contribution in [0.1, 0.15) is 31.2 Å². The first-order valence-corrected chi connectivity index (χ1v) is 7.38. The maximum absolute atomic E-state index is 5.57. The number of benzene rings is 1. The number of nitrogens with zero attached hydrogens (tertiary/aromatic N) is 2. The Kier molecular flexibility index (Phi) is 3.68. The molecule has 0 saturated carbocycles. The molecule has 1 aliphatic heterocycles. The fourth-order valence-electron chi connectivity index (χ4n) is 2.91. The van der Waals surface area contributed by atoms with Crippen LogP contribution in [0.2, 0.25) is 0 Å². The van der Waals surface area contributed by atoms with Crippen molar-refractivity contribution in [1.82, 2.24) is 15.5 Å². The van der Waals surface area contributed by atoms with Crippen molar-refractivity contribution in [3.05, 3.63) is 29.7 Å². The Morgan fingerprint density at radius 3 is 2.95 bits per heavy atom. The highest BCUT2D eigenvalue weighted by Crippen LogP contribution is 2.35. The minimum atomic E-state index is -0.0246. The molecule has 0 radical (unpaired) electrons. The normalized spacial score (nSPS) is 21.7. The van der Waals surface area contributed by atoms with Gasteiger partial charge in [-0.25, -0.2) is 0 Å². The molecule has 112 valence electrons. The average Bonchev–Trinajstić information content (AvgIpc) is 3.16. The highest BCUT2D eigenvalue weighted by Gasteiger charge is 2.39. The van der Waals surface area contributed by atoms with Crippen molar-refractivity contribution in [3.8, 4) is 17.1 Å². The minimum absolute atomic E-state index is 0.0246. The molecule has 3 rings (SSSR count). The van der Waals surface area contributed by atoms with Crippen molar-refractivity contribution in [2.75, 3.05) is 20.2 Å². The smallest absolute Gasteiger partial charge is 0.234 e. The molecular weight excluding hydrogens is 266 g/mol. The Bertz CT molecular complexity index is 630. The van der Waals surface area contributed by atoms with Crippen LogP contribution in [0, 0.1) is 6.92 Å². The largest absolute Gasteiger partial charge is 0.496 e. The lowest BCUT2D eigenvalue weighted by atomic mass is 9.84. The fraction of sp³-hybridized carbons (Fsp3) is 0.500. The standard InChI is InChI=1S/C16H21N3O2/c1-4-16(7-8-17-10-16)15-18-14(19-21-15)12-6-5-11(2)9-13(12)20-3/h5-6,9,17H,4,7-8,10H2,1-3H3. The number of hydrogen-bond donors (Lipinski definition) is 1. The van der Waals surface area contributed by atoms with Gasteiger partial charge >= 0.3 is 0 Å². The summed E-state index contributed by atoms with van der Waals surface area (Å²) < 4.78 is 11.0. The number of nitrogens with one attached hydrogen (secondary N) is 1. The van der Waals surface area contributed by atoms with Gasteiger partial charge in [0.05, 0.1) is 18.1 Å². The van der Waals surface area contributed by atoms with Gasteiger partial charge in [0.25, 0.3) is 0 Å². The Hall–Kier alpha value is -1.88. The highest BCUT2D eigenvalue weighted by atomic mass is 16.5. The molecule has 2 aromatic rings. The zero-order valence-corrected chi connectivity index (χ0v) is 12.8. The second-order valence-electron chi connectivity index (χ2n) is 5.69. The molecule has 1 fully saturated rings. The van der Waals surface area contributed by atoms with E-state index in [1.165, 1.54) is 0 Å². The van der Waals surface area contributed by atoms with E-state index in [4.69, 9.17) is 9.26 Å². The first kappa shape index (κ1) is 14.1. The van der Waals surface area contributed by atoms with Gasteiger partial charge in [-0.05, 0) is 44.0 Å². The third-order valence-corrected chi connectivity index (χ3v) is 4.40. The quantitative estimate of drug-likeness (QED) is 0.937. The van der Waals surface area contributed by atoms with Gasteiger partial charge in [0.1, 0.15) is 5.75 Å². The van der Waals surface area contributed by atoms with Gasteiger partial charge in [0.15, 0.2) is 0 Å². The van der Waals surface area contributed by atoms with Crippen molar-refractivity contribution >= 4 is 0 Å². The summed E-state index contributed by atoms with van der Waals surface area (Å²) in [6, 6.07) is 5.99. The van der Waals surface area contributed by atoms with E-state index >= 15 is 0 Å². The van der Waals surface area contributed by atoms with Crippen molar-refractivity contribution < 1.29 is 9.26 Å². The van der Waals surface area contributed by atoms with E-state index < -0.39 is 0 Å². The van der Waals surface area contributed by atoms with Gasteiger partial charge in [-0.1, -0.05) is 18.1 Å². The molecule has 5 heteroatoms. The van der Waals surface area contributed by atoms with E-state index in [0.717, 1.165) is 48.7 Å². The van der Waals surface area contributed by atoms with Gasteiger partial charge in [0.2, 0.25) is 11.7 Å². The molecule has 0 bridgehead atoms. The summed E-state index contributed by atoms with van der Waals surface area (Å²) in [5.41, 5.74) is 1.99. The maximum atomic E-state index is 5.57. The third-order valence-electron chi connectivity index (χ3n) is 4.40. The summed E-state index contributed by atoms with van der Waals surface area (Å²) in [5, 5.41) is 7.56. The molecule has 1 atom stereocenters. The zero-order chi connectivity index (χ0) is 14.9. The topological polar surface area (TPSA) is 60.2 Å². The molecule has 1 aromatic carbocycles. The summed E-state index contributed by atoms with van der Waals surface area (Å²) in [4.78, 5) is 4.65. The Morgan fingerprint density at radius 2 is 2.29 bits per heavy atom. The molecule has 21 heavy (non-hydrogen) atoms. The van der Waals surface area contributed by atoms with Crippen molar-refractivity contribution in [3.63, 3.8) is 0 Å². The van der Waals surface area contributed by atoms with Gasteiger partial charge < -0.3 is 14.6 Å². The van der Waals surface area contributed by atoms with E-state index in [1.807, 2.05) is 25.1 Å². The van der Waals surface area contributed by atoms with Crippen molar-refractivity contribution in [1.29, 1.82) is 0 Å². The highest BCUT2D eigenvalue weighted by molar-refractivity contribution is 5.64. The molecule has 0 aliphatic carbocycles. The Labute approximate surface area is 124 Å². The average molecular weight is 287 g/mol. The lowest BCUT2D eigenvalue weighted by molar-refractivity contribution is 0.285. The predicted octanol–water partition coefficient (Wildman–Crippen LogP) is 2.69. The van der Waals surface area contributed by atoms with Gasteiger partial charge in [0, 0.05) is 6.54 Å². The van der Waals surface area contributed by atoms with Crippen LogP contribution in [0.25, 0.3) is 11.4 Å². The monoisotopic (exact) mass is 287 g/mol. The number of methoxy groups -OCH3 is 1. The summed E-state index contributed by atoms with van der Waals surface area (Å²) in [7, 11) is 1.66. The van der Waals surface area contributed by atoms with Crippen LogP contribution < -0.4 is 10.1 Å². The second-order valence-corrected chi connectivity index (χ2v) is 5.69. The number of aromatic nitrogens is 2. The van der Waals surface area contributed by atoms with Crippen molar-refractivity contribution in [2.24, 2.45) is 0 Å². The van der Waals surface area contributed by atoms with Crippen LogP contribution in [0.3, 0.4) is 0 Å². The van der Waals surface area contributed by atoms with E-state index in [-0.39, 0.29) is 5.41 Å². The van der Waals surface area contributed by atoms with E-state index in [9.17, 15) is 0 Å². The van der Waals surface area contributed by atoms with Gasteiger partial charge in [-0.2, -0.15) is 4.98 Å². The molecule has 1 aromatic heterocycles. The fourth-order valence-corrected chi connectivity index (χ4v) is 2.91. The van der Waals surface area contributed by atoms with E-state index in [1.54, 1.807) is 7.11 Å². The molecule has 1 N–H and O–H groups in total. The Morgan fingerprint density at radius 1 is 1.43 bits per heavy atom. The summed E-state index contributed by atoms with van der Waals surface area (Å²) in [6.45, 7) is 6.10. The molecule has 1 unspecified atom stereocenters. The van der Waals surface area contributed by atoms with Gasteiger partial charge in [-0.15, -0.1) is 0 Å². The molecule has 0 amide bonds. The molecule has 2 heterocycles. The number of hydrogen-bond acceptors (Lipinski definition) is 5. The maximum Gasteiger partial charge on any atom is 0.234 e. The molecule has 1 saturated heterocycles. The first-order chi connectivity index (χ1) is 10.2. The van der Waals surface area contributed by atoms with Crippen molar-refractivity contribution in [2.45, 2.75) is 32.1 Å². The molecular formula is C16H21N3O2. The predicted molar refractivity (Wildman–Crippen MR) is 80.5 cm³/mol. The first-order valence-electron chi connectivity index (χ1n) is 7.38. The molecule has 5 nitrogen and oxygen atoms in total. The third kappa shape index (κ3) is 2.42. The van der Waals surface area contributed by atoms with E-state index in [0.29, 0.717) is 5.82 Å². The van der Waals surface area contributed by atoms with E-state index in [2.05, 4.69) is 22.4 Å². The number of rotatable bonds is 4. The summed E-state index contributed by atoms with van der Waals surface area (Å²) in [6.07, 6.45) is 2.03. The summed E-state index contributed by atoms with van der Waals surface area (Å²) >= 11 is 0. The van der Waals surface area contributed by atoms with Crippen LogP contribution in [0.15, 0.2) is 22.7 Å². The number of ether oxygens (including phenoxy) is 1. The van der Waals surface area contributed by atoms with Crippen LogP contribution >= 0.6 is 0 Å². The molecule has 0 spiro atoms. The van der Waals surface area contributed by atoms with Crippen LogP contribution in [0.5, 0.6) is 5.75 Å². The zero-order valence-electron chi connectivity index (χ0n) is 12.8. The molecule has 1 aliphatic rings. The lowest BCUT2D eigenvalue weighted by Gasteiger charge is -2.20. The minimum Gasteiger partial charge on any atom is -0.496 e. The van der Waals surface area contributed by atoms with Crippen LogP contribution in [0.4, 0.5) is 0 Å². The SMILES string of the molecule is CCC1(c2nc(-c3ccc(C)cc3OC)no2)CCNC1. The Balaban J connectivity index is 1.99. The van der Waals surface area contributed by atoms with Crippen LogP contribution in [-0.2, 0) is 5.41 Å². The summed E-state index contributed by atoms with van der Waals surface area (Å²) in [5.74, 6) is 2.10. The lowest BCUT2D eigenvalue weighted by Crippen LogP contribution is -2.28. The number of aryl methyl sites for hydroxylation is 1. The van der Waals surface area contributed by atoms with Crippen LogP contribution in [-0.4, -0.2) is 30.3 Å².